The van der Waals surface area contributed by atoms with Crippen molar-refractivity contribution in [2.75, 3.05) is 25.2 Å². The van der Waals surface area contributed by atoms with Gasteiger partial charge in [-0.1, -0.05) is 19.1 Å². The maximum Gasteiger partial charge on any atom is 0.119 e. The lowest BCUT2D eigenvalue weighted by Gasteiger charge is -2.24. The summed E-state index contributed by atoms with van der Waals surface area (Å²) in [6, 6.07) is 9.10. The monoisotopic (exact) mass is 279 g/mol. The highest BCUT2D eigenvalue weighted by molar-refractivity contribution is 7.99. The minimum Gasteiger partial charge on any atom is -0.497 e. The standard InChI is InChI=1S/C16H25NOS/c1-3-8-17-16(14-7-9-19-12-14)11-13-5-4-6-15(10-13)18-2/h4-6,10,14,16-17H,3,7-9,11-12H2,1-2H3. The van der Waals surface area contributed by atoms with Gasteiger partial charge in [-0.2, -0.15) is 11.8 Å². The van der Waals surface area contributed by atoms with E-state index in [9.17, 15) is 0 Å². The minimum atomic E-state index is 0.613. The first kappa shape index (κ1) is 14.7. The fourth-order valence-corrected chi connectivity index (χ4v) is 4.00. The van der Waals surface area contributed by atoms with Crippen LogP contribution in [0.2, 0.25) is 0 Å². The molecule has 106 valence electrons. The van der Waals surface area contributed by atoms with Crippen LogP contribution in [0.3, 0.4) is 0 Å². The van der Waals surface area contributed by atoms with Gasteiger partial charge < -0.3 is 10.1 Å². The summed E-state index contributed by atoms with van der Waals surface area (Å²) in [5.41, 5.74) is 1.38. The van der Waals surface area contributed by atoms with Gasteiger partial charge >= 0.3 is 0 Å². The molecule has 0 bridgehead atoms. The largest absolute Gasteiger partial charge is 0.497 e. The molecule has 1 N–H and O–H groups in total. The van der Waals surface area contributed by atoms with Gasteiger partial charge in [0.05, 0.1) is 7.11 Å². The molecular weight excluding hydrogens is 254 g/mol. The maximum atomic E-state index is 5.32. The van der Waals surface area contributed by atoms with Crippen LogP contribution in [0.4, 0.5) is 0 Å². The van der Waals surface area contributed by atoms with Crippen molar-refractivity contribution in [3.05, 3.63) is 29.8 Å². The molecule has 0 spiro atoms. The summed E-state index contributed by atoms with van der Waals surface area (Å²) in [4.78, 5) is 0. The third-order valence-corrected chi connectivity index (χ3v) is 4.97. The summed E-state index contributed by atoms with van der Waals surface area (Å²) in [6.07, 6.45) is 3.67. The molecule has 2 unspecified atom stereocenters. The molecule has 2 nitrogen and oxygen atoms in total. The molecule has 0 radical (unpaired) electrons. The summed E-state index contributed by atoms with van der Waals surface area (Å²) in [5, 5.41) is 3.74. The highest BCUT2D eigenvalue weighted by Gasteiger charge is 2.25. The summed E-state index contributed by atoms with van der Waals surface area (Å²) in [6.45, 7) is 3.36. The zero-order chi connectivity index (χ0) is 13.5. The Kier molecular flexibility index (Phi) is 6.05. The van der Waals surface area contributed by atoms with Crippen LogP contribution in [0.5, 0.6) is 5.75 Å². The molecule has 1 aliphatic heterocycles. The number of benzene rings is 1. The van der Waals surface area contributed by atoms with E-state index in [0.717, 1.165) is 24.6 Å². The Morgan fingerprint density at radius 3 is 3.05 bits per heavy atom. The summed E-state index contributed by atoms with van der Waals surface area (Å²) < 4.78 is 5.32. The Labute approximate surface area is 121 Å². The van der Waals surface area contributed by atoms with Crippen LogP contribution in [0, 0.1) is 5.92 Å². The first-order valence-corrected chi connectivity index (χ1v) is 8.43. The SMILES string of the molecule is CCCNC(Cc1cccc(OC)c1)C1CCSC1. The Morgan fingerprint density at radius 2 is 2.37 bits per heavy atom. The molecule has 0 aliphatic carbocycles. The van der Waals surface area contributed by atoms with Crippen molar-refractivity contribution in [3.8, 4) is 5.75 Å². The molecule has 0 saturated carbocycles. The molecule has 3 heteroatoms. The van der Waals surface area contributed by atoms with Crippen molar-refractivity contribution >= 4 is 11.8 Å². The van der Waals surface area contributed by atoms with Crippen LogP contribution >= 0.6 is 11.8 Å². The van der Waals surface area contributed by atoms with Gasteiger partial charge in [-0.25, -0.2) is 0 Å². The zero-order valence-electron chi connectivity index (χ0n) is 12.0. The first-order chi connectivity index (χ1) is 9.33. The fourth-order valence-electron chi connectivity index (χ4n) is 2.66. The Bertz CT molecular complexity index is 377. The van der Waals surface area contributed by atoms with Gasteiger partial charge in [0, 0.05) is 6.04 Å². The summed E-state index contributed by atoms with van der Waals surface area (Å²) in [5.74, 6) is 4.42. The second kappa shape index (κ2) is 7.81. The van der Waals surface area contributed by atoms with Crippen molar-refractivity contribution in [3.63, 3.8) is 0 Å². The number of nitrogens with one attached hydrogen (secondary N) is 1. The van der Waals surface area contributed by atoms with E-state index in [1.54, 1.807) is 7.11 Å². The van der Waals surface area contributed by atoms with Crippen LogP contribution in [0.1, 0.15) is 25.3 Å². The molecular formula is C16H25NOS. The van der Waals surface area contributed by atoms with Crippen LogP contribution in [0.25, 0.3) is 0 Å². The highest BCUT2D eigenvalue weighted by atomic mass is 32.2. The first-order valence-electron chi connectivity index (χ1n) is 7.27. The molecule has 1 saturated heterocycles. The van der Waals surface area contributed by atoms with Crippen molar-refractivity contribution in [2.45, 2.75) is 32.2 Å². The van der Waals surface area contributed by atoms with E-state index in [1.165, 1.54) is 29.9 Å². The number of rotatable bonds is 7. The third kappa shape index (κ3) is 4.43. The van der Waals surface area contributed by atoms with Crippen LogP contribution in [0.15, 0.2) is 24.3 Å². The second-order valence-corrected chi connectivity index (χ2v) is 6.39. The predicted octanol–water partition coefficient (Wildman–Crippen LogP) is 3.36. The summed E-state index contributed by atoms with van der Waals surface area (Å²) >= 11 is 2.10. The number of methoxy groups -OCH3 is 1. The zero-order valence-corrected chi connectivity index (χ0v) is 12.8. The smallest absolute Gasteiger partial charge is 0.119 e. The number of hydrogen-bond acceptors (Lipinski definition) is 3. The van der Waals surface area contributed by atoms with E-state index in [1.807, 2.05) is 6.07 Å². The summed E-state index contributed by atoms with van der Waals surface area (Å²) in [7, 11) is 1.74. The highest BCUT2D eigenvalue weighted by Crippen LogP contribution is 2.28. The van der Waals surface area contributed by atoms with Crippen molar-refractivity contribution in [2.24, 2.45) is 5.92 Å². The molecule has 1 heterocycles. The lowest BCUT2D eigenvalue weighted by Crippen LogP contribution is -2.38. The molecule has 19 heavy (non-hydrogen) atoms. The minimum absolute atomic E-state index is 0.613. The Balaban J connectivity index is 2.00. The molecule has 2 rings (SSSR count). The Hall–Kier alpha value is -0.670. The maximum absolute atomic E-state index is 5.32. The van der Waals surface area contributed by atoms with Crippen LogP contribution < -0.4 is 10.1 Å². The molecule has 2 atom stereocenters. The average molecular weight is 279 g/mol. The molecule has 1 aromatic carbocycles. The van der Waals surface area contributed by atoms with Gasteiger partial charge in [-0.3, -0.25) is 0 Å². The lowest BCUT2D eigenvalue weighted by atomic mass is 9.93. The number of ether oxygens (including phenoxy) is 1. The molecule has 1 aromatic rings. The van der Waals surface area contributed by atoms with Gasteiger partial charge in [-0.15, -0.1) is 0 Å². The lowest BCUT2D eigenvalue weighted by molar-refractivity contribution is 0.378. The van der Waals surface area contributed by atoms with Crippen molar-refractivity contribution in [1.82, 2.24) is 5.32 Å². The van der Waals surface area contributed by atoms with E-state index in [2.05, 4.69) is 42.2 Å². The second-order valence-electron chi connectivity index (χ2n) is 5.24. The van der Waals surface area contributed by atoms with Crippen molar-refractivity contribution < 1.29 is 4.74 Å². The van der Waals surface area contributed by atoms with E-state index >= 15 is 0 Å². The van der Waals surface area contributed by atoms with Crippen LogP contribution in [-0.2, 0) is 6.42 Å². The third-order valence-electron chi connectivity index (χ3n) is 3.78. The topological polar surface area (TPSA) is 21.3 Å². The van der Waals surface area contributed by atoms with Gasteiger partial charge in [0.2, 0.25) is 0 Å². The van der Waals surface area contributed by atoms with Gasteiger partial charge in [0.15, 0.2) is 0 Å². The molecule has 0 aromatic heterocycles. The number of thioether (sulfide) groups is 1. The predicted molar refractivity (Wildman–Crippen MR) is 84.2 cm³/mol. The van der Waals surface area contributed by atoms with Gasteiger partial charge in [-0.05, 0) is 60.9 Å². The van der Waals surface area contributed by atoms with E-state index in [0.29, 0.717) is 6.04 Å². The quantitative estimate of drug-likeness (QED) is 0.827. The fraction of sp³-hybridized carbons (Fsp3) is 0.625. The normalized spacial score (nSPS) is 20.4. The molecule has 0 amide bonds. The molecule has 1 fully saturated rings. The van der Waals surface area contributed by atoms with Gasteiger partial charge in [0.25, 0.3) is 0 Å². The van der Waals surface area contributed by atoms with E-state index < -0.39 is 0 Å². The molecule has 1 aliphatic rings. The Morgan fingerprint density at radius 1 is 1.47 bits per heavy atom. The van der Waals surface area contributed by atoms with E-state index in [-0.39, 0.29) is 0 Å². The van der Waals surface area contributed by atoms with Crippen LogP contribution in [-0.4, -0.2) is 31.2 Å². The van der Waals surface area contributed by atoms with E-state index in [4.69, 9.17) is 4.74 Å². The van der Waals surface area contributed by atoms with Gasteiger partial charge in [0.1, 0.15) is 5.75 Å². The number of hydrogen-bond donors (Lipinski definition) is 1. The average Bonchev–Trinajstić information content (AvgIpc) is 2.97. The van der Waals surface area contributed by atoms with Crippen molar-refractivity contribution in [1.29, 1.82) is 0 Å².